The van der Waals surface area contributed by atoms with E-state index in [9.17, 15) is 60.0 Å². The number of aliphatic carboxylic acids is 1. The van der Waals surface area contributed by atoms with Gasteiger partial charge in [-0.2, -0.15) is 0 Å². The van der Waals surface area contributed by atoms with Gasteiger partial charge < -0.3 is 55.1 Å². The van der Waals surface area contributed by atoms with Gasteiger partial charge in [-0.1, -0.05) is 18.2 Å². The first-order chi connectivity index (χ1) is 23.2. The second-order valence-electron chi connectivity index (χ2n) is 10.8. The average Bonchev–Trinajstić information content (AvgIpc) is 3.04. The van der Waals surface area contributed by atoms with Crippen LogP contribution in [-0.2, 0) is 33.4 Å². The van der Waals surface area contributed by atoms with Crippen LogP contribution in [0.1, 0.15) is 29.5 Å². The number of esters is 3. The molecule has 0 bridgehead atoms. The zero-order valence-electron chi connectivity index (χ0n) is 25.2. The van der Waals surface area contributed by atoms with Crippen LogP contribution in [0.25, 0.3) is 18.2 Å². The third-order valence-electron chi connectivity index (χ3n) is 7.25. The van der Waals surface area contributed by atoms with Gasteiger partial charge in [0.25, 0.3) is 0 Å². The molecule has 256 valence electrons. The molecule has 4 rings (SSSR count). The van der Waals surface area contributed by atoms with Crippen LogP contribution in [-0.4, -0.2) is 88.6 Å². The van der Waals surface area contributed by atoms with E-state index in [1.54, 1.807) is 0 Å². The number of carboxylic acids is 1. The highest BCUT2D eigenvalue weighted by atomic mass is 16.6. The topological polar surface area (TPSA) is 258 Å². The molecule has 15 nitrogen and oxygen atoms in total. The molecular weight excluding hydrogens is 648 g/mol. The summed E-state index contributed by atoms with van der Waals surface area (Å²) in [5.41, 5.74) is -1.72. The Labute approximate surface area is 277 Å². The molecule has 0 spiro atoms. The van der Waals surface area contributed by atoms with E-state index in [-0.39, 0.29) is 16.7 Å². The monoisotopic (exact) mass is 678 g/mol. The van der Waals surface area contributed by atoms with Gasteiger partial charge in [-0.05, 0) is 71.3 Å². The predicted octanol–water partition coefficient (Wildman–Crippen LogP) is 2.71. The zero-order valence-corrected chi connectivity index (χ0v) is 25.2. The molecule has 49 heavy (non-hydrogen) atoms. The molecule has 3 aromatic rings. The molecule has 1 aliphatic rings. The minimum absolute atomic E-state index is 0.239. The van der Waals surface area contributed by atoms with Crippen LogP contribution < -0.4 is 0 Å². The molecule has 0 amide bonds. The maximum Gasteiger partial charge on any atom is 0.348 e. The van der Waals surface area contributed by atoms with Crippen molar-refractivity contribution in [3.05, 3.63) is 89.5 Å². The van der Waals surface area contributed by atoms with Gasteiger partial charge in [0.05, 0.1) is 6.10 Å². The summed E-state index contributed by atoms with van der Waals surface area (Å²) in [6.07, 6.45) is -0.646. The number of hydrogen-bond acceptors (Lipinski definition) is 14. The number of aliphatic hydroxyl groups is 1. The van der Waals surface area contributed by atoms with E-state index < -0.39 is 95.1 Å². The quantitative estimate of drug-likeness (QED) is 0.0664. The van der Waals surface area contributed by atoms with E-state index in [0.717, 1.165) is 54.6 Å². The third kappa shape index (κ3) is 9.08. The summed E-state index contributed by atoms with van der Waals surface area (Å²) in [7, 11) is 0. The Morgan fingerprint density at radius 3 is 1.41 bits per heavy atom. The largest absolute Gasteiger partial charge is 0.504 e. The summed E-state index contributed by atoms with van der Waals surface area (Å²) in [4.78, 5) is 50.9. The van der Waals surface area contributed by atoms with Gasteiger partial charge in [-0.25, -0.2) is 19.2 Å². The van der Waals surface area contributed by atoms with Crippen molar-refractivity contribution in [1.29, 1.82) is 0 Å². The molecule has 8 N–H and O–H groups in total. The third-order valence-corrected chi connectivity index (χ3v) is 7.25. The fourth-order valence-electron chi connectivity index (χ4n) is 4.80. The predicted molar refractivity (Wildman–Crippen MR) is 168 cm³/mol. The average molecular weight is 679 g/mol. The number of benzene rings is 3. The Morgan fingerprint density at radius 2 is 1.00 bits per heavy atom. The van der Waals surface area contributed by atoms with Gasteiger partial charge in [0, 0.05) is 31.1 Å². The van der Waals surface area contributed by atoms with E-state index in [4.69, 9.17) is 14.2 Å². The van der Waals surface area contributed by atoms with E-state index in [2.05, 4.69) is 0 Å². The molecule has 0 unspecified atom stereocenters. The van der Waals surface area contributed by atoms with Crippen molar-refractivity contribution >= 4 is 42.1 Å². The Bertz CT molecular complexity index is 1840. The molecule has 0 aliphatic heterocycles. The highest BCUT2D eigenvalue weighted by molar-refractivity contribution is 5.91. The second-order valence-corrected chi connectivity index (χ2v) is 10.8. The van der Waals surface area contributed by atoms with Crippen molar-refractivity contribution in [1.82, 2.24) is 0 Å². The van der Waals surface area contributed by atoms with Crippen LogP contribution in [0.15, 0.2) is 72.8 Å². The summed E-state index contributed by atoms with van der Waals surface area (Å²) in [6.45, 7) is 0. The van der Waals surface area contributed by atoms with Gasteiger partial charge >= 0.3 is 23.9 Å². The molecule has 3 aromatic carbocycles. The van der Waals surface area contributed by atoms with Crippen LogP contribution in [0.4, 0.5) is 0 Å². The minimum atomic E-state index is -2.49. The van der Waals surface area contributed by atoms with E-state index >= 15 is 0 Å². The van der Waals surface area contributed by atoms with Crippen molar-refractivity contribution in [2.75, 3.05) is 0 Å². The molecule has 1 saturated carbocycles. The Kier molecular flexibility index (Phi) is 10.8. The second kappa shape index (κ2) is 15.0. The van der Waals surface area contributed by atoms with Gasteiger partial charge in [0.15, 0.2) is 40.6 Å². The molecular formula is C34H30O15. The number of phenolic OH excluding ortho intramolecular Hbond substituents is 6. The summed E-state index contributed by atoms with van der Waals surface area (Å²) in [5, 5.41) is 78.7. The standard InChI is InChI=1S/C34H30O15/c35-21-7-1-18(13-24(21)38)4-10-29(42)47-28-17-34(33(45)46,49-31(44)12-6-20-3-9-23(37)26(40)15-20)16-27(41)32(28)48-30(43)11-5-19-2-8-22(36)25(39)14-19/h1-15,27-28,32,35-41H,16-17H2,(H,45,46)/t27-,28-,32+,34-/m1/s1. The molecule has 15 heteroatoms. The van der Waals surface area contributed by atoms with Crippen molar-refractivity contribution in [3.63, 3.8) is 0 Å². The number of aliphatic hydroxyl groups excluding tert-OH is 1. The summed E-state index contributed by atoms with van der Waals surface area (Å²) >= 11 is 0. The van der Waals surface area contributed by atoms with Crippen molar-refractivity contribution < 1.29 is 74.2 Å². The van der Waals surface area contributed by atoms with Crippen molar-refractivity contribution in [3.8, 4) is 34.5 Å². The molecule has 0 radical (unpaired) electrons. The molecule has 4 atom stereocenters. The lowest BCUT2D eigenvalue weighted by Crippen LogP contribution is -2.59. The Balaban J connectivity index is 1.58. The minimum Gasteiger partial charge on any atom is -0.504 e. The van der Waals surface area contributed by atoms with Crippen LogP contribution in [0.2, 0.25) is 0 Å². The van der Waals surface area contributed by atoms with Crippen LogP contribution >= 0.6 is 0 Å². The smallest absolute Gasteiger partial charge is 0.348 e. The highest BCUT2D eigenvalue weighted by Gasteiger charge is 2.56. The highest BCUT2D eigenvalue weighted by Crippen LogP contribution is 2.37. The number of hydrogen-bond donors (Lipinski definition) is 8. The van der Waals surface area contributed by atoms with Gasteiger partial charge in [-0.15, -0.1) is 0 Å². The Hall–Kier alpha value is -6.48. The van der Waals surface area contributed by atoms with Gasteiger partial charge in [0.1, 0.15) is 6.10 Å². The van der Waals surface area contributed by atoms with E-state index in [0.29, 0.717) is 0 Å². The lowest BCUT2D eigenvalue weighted by atomic mass is 9.79. The molecule has 0 heterocycles. The van der Waals surface area contributed by atoms with Crippen LogP contribution in [0.5, 0.6) is 34.5 Å². The van der Waals surface area contributed by atoms with Gasteiger partial charge in [0.2, 0.25) is 5.60 Å². The lowest BCUT2D eigenvalue weighted by Gasteiger charge is -2.42. The first-order valence-corrected chi connectivity index (χ1v) is 14.3. The van der Waals surface area contributed by atoms with Gasteiger partial charge in [-0.3, -0.25) is 0 Å². The summed E-state index contributed by atoms with van der Waals surface area (Å²) < 4.78 is 16.0. The molecule has 1 fully saturated rings. The zero-order chi connectivity index (χ0) is 35.9. The summed E-state index contributed by atoms with van der Waals surface area (Å²) in [6, 6.07) is 11.0. The maximum atomic E-state index is 12.9. The lowest BCUT2D eigenvalue weighted by molar-refractivity contribution is -0.213. The first-order valence-electron chi connectivity index (χ1n) is 14.3. The number of aromatic hydroxyl groups is 6. The number of carbonyl (C=O) groups excluding carboxylic acids is 3. The van der Waals surface area contributed by atoms with Crippen LogP contribution in [0, 0.1) is 0 Å². The number of carboxylic acid groups (broad SMARTS) is 1. The van der Waals surface area contributed by atoms with Crippen LogP contribution in [0.3, 0.4) is 0 Å². The van der Waals surface area contributed by atoms with E-state index in [1.165, 1.54) is 36.4 Å². The first kappa shape index (κ1) is 35.4. The summed E-state index contributed by atoms with van der Waals surface area (Å²) in [5.74, 6) is -7.75. The fraction of sp³-hybridized carbons (Fsp3) is 0.176. The number of phenols is 6. The molecule has 0 saturated heterocycles. The van der Waals surface area contributed by atoms with Crippen molar-refractivity contribution in [2.45, 2.75) is 36.8 Å². The van der Waals surface area contributed by atoms with E-state index in [1.807, 2.05) is 0 Å². The maximum absolute atomic E-state index is 12.9. The normalized spacial score (nSPS) is 20.7. The number of rotatable bonds is 10. The molecule has 0 aromatic heterocycles. The van der Waals surface area contributed by atoms with Crippen molar-refractivity contribution in [2.24, 2.45) is 0 Å². The SMILES string of the molecule is O=C(C=Cc1ccc(O)c(O)c1)O[C@H]1[C@H](O)C[C@](OC(=O)C=Cc2ccc(O)c(O)c2)(C(=O)O)C[C@H]1OC(=O)C=Cc1ccc(O)c(O)c1. The number of ether oxygens (including phenoxy) is 3. The number of carbonyl (C=O) groups is 4. The molecule has 1 aliphatic carbocycles. The Morgan fingerprint density at radius 1 is 0.592 bits per heavy atom. The fourth-order valence-corrected chi connectivity index (χ4v) is 4.80.